The van der Waals surface area contributed by atoms with Gasteiger partial charge in [-0.05, 0) is 5.56 Å². The lowest BCUT2D eigenvalue weighted by Crippen LogP contribution is -2.55. The molecule has 29 heavy (non-hydrogen) atoms. The smallest absolute Gasteiger partial charge is 0.467 e. The van der Waals surface area contributed by atoms with Gasteiger partial charge in [0.1, 0.15) is 12.1 Å². The fraction of sp³-hybridized carbons (Fsp3) is 0.375. The third kappa shape index (κ3) is 7.38. The number of amides is 1. The molecular weight excluding hydrogens is 405 g/mol. The monoisotopic (exact) mass is 422 g/mol. The van der Waals surface area contributed by atoms with E-state index in [9.17, 15) is 37.5 Å². The SMILES string of the molecule is COC(=O)C(Cc1ccccc1)NC(=O)C(N)C(O)C(=O)OOC(=O)C(F)(F)F. The van der Waals surface area contributed by atoms with Crippen molar-refractivity contribution in [1.29, 1.82) is 0 Å². The molecule has 160 valence electrons. The van der Waals surface area contributed by atoms with E-state index in [1.165, 1.54) is 0 Å². The zero-order valence-corrected chi connectivity index (χ0v) is 14.8. The molecule has 0 aromatic heterocycles. The average molecular weight is 422 g/mol. The molecule has 1 aromatic carbocycles. The molecule has 3 unspecified atom stereocenters. The molecule has 0 fully saturated rings. The number of carbonyl (C=O) groups is 4. The van der Waals surface area contributed by atoms with Gasteiger partial charge in [-0.1, -0.05) is 30.3 Å². The number of carbonyl (C=O) groups excluding carboxylic acids is 4. The van der Waals surface area contributed by atoms with Crippen molar-refractivity contribution in [1.82, 2.24) is 5.32 Å². The summed E-state index contributed by atoms with van der Waals surface area (Å²) in [5.41, 5.74) is 5.99. The van der Waals surface area contributed by atoms with Gasteiger partial charge in [0.15, 0.2) is 6.10 Å². The van der Waals surface area contributed by atoms with Crippen molar-refractivity contribution in [2.45, 2.75) is 30.8 Å². The first kappa shape index (κ1) is 23.8. The van der Waals surface area contributed by atoms with Crippen LogP contribution in [-0.4, -0.2) is 60.4 Å². The Morgan fingerprint density at radius 3 is 2.21 bits per heavy atom. The summed E-state index contributed by atoms with van der Waals surface area (Å²) in [6.45, 7) is 0. The van der Waals surface area contributed by atoms with E-state index in [0.717, 1.165) is 7.11 Å². The molecule has 0 heterocycles. The van der Waals surface area contributed by atoms with E-state index < -0.39 is 48.2 Å². The van der Waals surface area contributed by atoms with E-state index >= 15 is 0 Å². The molecule has 0 aliphatic carbocycles. The predicted octanol–water partition coefficient (Wildman–Crippen LogP) is -0.861. The number of aliphatic hydroxyl groups excluding tert-OH is 1. The van der Waals surface area contributed by atoms with E-state index in [-0.39, 0.29) is 6.42 Å². The minimum atomic E-state index is -5.45. The summed E-state index contributed by atoms with van der Waals surface area (Å²) in [4.78, 5) is 52.6. The second kappa shape index (κ2) is 10.4. The summed E-state index contributed by atoms with van der Waals surface area (Å²) in [6.07, 6.45) is -7.96. The lowest BCUT2D eigenvalue weighted by molar-refractivity contribution is -0.289. The molecule has 0 spiro atoms. The van der Waals surface area contributed by atoms with Gasteiger partial charge in [0.2, 0.25) is 5.91 Å². The minimum Gasteiger partial charge on any atom is -0.467 e. The van der Waals surface area contributed by atoms with Crippen LogP contribution in [0.1, 0.15) is 5.56 Å². The Labute approximate surface area is 161 Å². The number of halogens is 3. The van der Waals surface area contributed by atoms with E-state index in [0.29, 0.717) is 5.56 Å². The number of methoxy groups -OCH3 is 1. The fourth-order valence-electron chi connectivity index (χ4n) is 1.92. The summed E-state index contributed by atoms with van der Waals surface area (Å²) < 4.78 is 40.4. The first-order valence-electron chi connectivity index (χ1n) is 7.82. The van der Waals surface area contributed by atoms with Crippen molar-refractivity contribution in [2.75, 3.05) is 7.11 Å². The van der Waals surface area contributed by atoms with Gasteiger partial charge in [-0.25, -0.2) is 24.2 Å². The van der Waals surface area contributed by atoms with Crippen LogP contribution >= 0.6 is 0 Å². The number of ether oxygens (including phenoxy) is 1. The number of esters is 1. The number of hydrogen-bond acceptors (Lipinski definition) is 9. The maximum atomic E-state index is 12.1. The lowest BCUT2D eigenvalue weighted by atomic mass is 10.0. The Hall–Kier alpha value is -3.19. The molecule has 10 nitrogen and oxygen atoms in total. The van der Waals surface area contributed by atoms with E-state index in [1.807, 2.05) is 0 Å². The van der Waals surface area contributed by atoms with Crippen LogP contribution in [0.2, 0.25) is 0 Å². The van der Waals surface area contributed by atoms with Crippen LogP contribution in [0.3, 0.4) is 0 Å². The van der Waals surface area contributed by atoms with Gasteiger partial charge in [-0.2, -0.15) is 13.2 Å². The number of benzene rings is 1. The number of rotatable bonds is 7. The first-order chi connectivity index (χ1) is 13.5. The standard InChI is InChI=1S/C16H17F3N2O8/c1-27-13(24)9(7-8-5-3-2-4-6-8)21-12(23)10(20)11(22)14(25)28-29-15(26)16(17,18)19/h2-6,9-11,22H,7,20H2,1H3,(H,21,23). The van der Waals surface area contributed by atoms with Gasteiger partial charge in [0.25, 0.3) is 0 Å². The summed E-state index contributed by atoms with van der Waals surface area (Å²) in [5.74, 6) is -6.86. The molecule has 0 aliphatic rings. The Morgan fingerprint density at radius 2 is 1.69 bits per heavy atom. The average Bonchev–Trinajstić information content (AvgIpc) is 2.69. The number of hydrogen-bond donors (Lipinski definition) is 3. The van der Waals surface area contributed by atoms with Crippen molar-refractivity contribution < 1.29 is 52.0 Å². The van der Waals surface area contributed by atoms with Gasteiger partial charge in [-0.3, -0.25) is 4.79 Å². The summed E-state index contributed by atoms with van der Waals surface area (Å²) in [7, 11) is 1.06. The third-order valence-corrected chi connectivity index (χ3v) is 3.40. The van der Waals surface area contributed by atoms with Crippen LogP contribution in [-0.2, 0) is 40.1 Å². The maximum Gasteiger partial charge on any atom is 0.495 e. The number of aliphatic hydroxyl groups is 1. The quantitative estimate of drug-likeness (QED) is 0.289. The molecule has 0 bridgehead atoms. The highest BCUT2D eigenvalue weighted by Crippen LogP contribution is 2.16. The van der Waals surface area contributed by atoms with Gasteiger partial charge in [0.05, 0.1) is 7.11 Å². The van der Waals surface area contributed by atoms with Crippen LogP contribution in [0.5, 0.6) is 0 Å². The topological polar surface area (TPSA) is 154 Å². The second-order valence-corrected chi connectivity index (χ2v) is 5.52. The zero-order valence-electron chi connectivity index (χ0n) is 14.8. The fourth-order valence-corrected chi connectivity index (χ4v) is 1.92. The molecule has 0 saturated carbocycles. The summed E-state index contributed by atoms with van der Waals surface area (Å²) in [6, 6.07) is 5.09. The Kier molecular flexibility index (Phi) is 8.54. The van der Waals surface area contributed by atoms with Crippen LogP contribution < -0.4 is 11.1 Å². The molecule has 1 amide bonds. The highest BCUT2D eigenvalue weighted by Gasteiger charge is 2.44. The Bertz CT molecular complexity index is 741. The van der Waals surface area contributed by atoms with Crippen molar-refractivity contribution in [2.24, 2.45) is 5.73 Å². The van der Waals surface area contributed by atoms with Crippen molar-refractivity contribution in [3.05, 3.63) is 35.9 Å². The first-order valence-corrected chi connectivity index (χ1v) is 7.82. The van der Waals surface area contributed by atoms with Crippen LogP contribution in [0.25, 0.3) is 0 Å². The molecule has 0 aliphatic heterocycles. The maximum absolute atomic E-state index is 12.1. The van der Waals surface area contributed by atoms with E-state index in [4.69, 9.17) is 5.73 Å². The zero-order chi connectivity index (χ0) is 22.2. The van der Waals surface area contributed by atoms with Gasteiger partial charge in [0, 0.05) is 6.42 Å². The predicted molar refractivity (Wildman–Crippen MR) is 86.3 cm³/mol. The normalized spacial score (nSPS) is 14.1. The second-order valence-electron chi connectivity index (χ2n) is 5.52. The highest BCUT2D eigenvalue weighted by atomic mass is 19.4. The molecule has 0 radical (unpaired) electrons. The third-order valence-electron chi connectivity index (χ3n) is 3.40. The summed E-state index contributed by atoms with van der Waals surface area (Å²) >= 11 is 0. The largest absolute Gasteiger partial charge is 0.495 e. The van der Waals surface area contributed by atoms with Gasteiger partial charge in [-0.15, -0.1) is 0 Å². The molecule has 3 atom stereocenters. The van der Waals surface area contributed by atoms with Crippen LogP contribution in [0.15, 0.2) is 30.3 Å². The number of alkyl halides is 3. The van der Waals surface area contributed by atoms with E-state index in [1.54, 1.807) is 30.3 Å². The van der Waals surface area contributed by atoms with Crippen molar-refractivity contribution >= 4 is 23.8 Å². The van der Waals surface area contributed by atoms with Crippen molar-refractivity contribution in [3.8, 4) is 0 Å². The Balaban J connectivity index is 2.72. The lowest BCUT2D eigenvalue weighted by Gasteiger charge is -2.21. The summed E-state index contributed by atoms with van der Waals surface area (Å²) in [5, 5.41) is 11.8. The van der Waals surface area contributed by atoms with E-state index in [2.05, 4.69) is 19.8 Å². The molecule has 4 N–H and O–H groups in total. The number of nitrogens with one attached hydrogen (secondary N) is 1. The van der Waals surface area contributed by atoms with Crippen molar-refractivity contribution in [3.63, 3.8) is 0 Å². The molecular formula is C16H17F3N2O8. The molecule has 1 rings (SSSR count). The minimum absolute atomic E-state index is 0.0181. The molecule has 1 aromatic rings. The molecule has 0 saturated heterocycles. The Morgan fingerprint density at radius 1 is 1.10 bits per heavy atom. The highest BCUT2D eigenvalue weighted by molar-refractivity contribution is 5.92. The van der Waals surface area contributed by atoms with Gasteiger partial charge < -0.3 is 20.9 Å². The van der Waals surface area contributed by atoms with Crippen LogP contribution in [0, 0.1) is 0 Å². The molecule has 13 heteroatoms. The van der Waals surface area contributed by atoms with Crippen LogP contribution in [0.4, 0.5) is 13.2 Å². The van der Waals surface area contributed by atoms with Gasteiger partial charge >= 0.3 is 24.1 Å². The number of nitrogens with two attached hydrogens (primary N) is 1.